The molecular formula is C53H46BrCl2N13O4. The van der Waals surface area contributed by atoms with Crippen LogP contribution in [0.4, 0.5) is 23.0 Å². The normalized spacial score (nSPS) is 10.8. The van der Waals surface area contributed by atoms with E-state index in [-0.39, 0.29) is 18.1 Å². The topological polar surface area (TPSA) is 216 Å². The molecule has 6 aromatic heterocycles. The summed E-state index contributed by atoms with van der Waals surface area (Å²) in [4.78, 5) is 51.6. The number of methoxy groups -OCH3 is 2. The summed E-state index contributed by atoms with van der Waals surface area (Å²) < 4.78 is 14.5. The predicted octanol–water partition coefficient (Wildman–Crippen LogP) is 11.2. The van der Waals surface area contributed by atoms with Gasteiger partial charge in [0.2, 0.25) is 0 Å². The van der Waals surface area contributed by atoms with Gasteiger partial charge in [0.25, 0.3) is 5.91 Å². The van der Waals surface area contributed by atoms with E-state index < -0.39 is 0 Å². The molecule has 0 fully saturated rings. The third-order valence-corrected chi connectivity index (χ3v) is 12.7. The quantitative estimate of drug-likeness (QED) is 0.103. The van der Waals surface area contributed by atoms with Gasteiger partial charge in [-0.2, -0.15) is 10.2 Å². The average Bonchev–Trinajstić information content (AvgIpc) is 3.97. The minimum Gasteiger partial charge on any atom is -0.495 e. The van der Waals surface area contributed by atoms with Gasteiger partial charge in [0, 0.05) is 83.4 Å². The Morgan fingerprint density at radius 1 is 0.671 bits per heavy atom. The molecule has 4 aromatic carbocycles. The van der Waals surface area contributed by atoms with E-state index in [4.69, 9.17) is 43.4 Å². The Morgan fingerprint density at radius 2 is 1.26 bits per heavy atom. The molecule has 0 aliphatic rings. The van der Waals surface area contributed by atoms with Crippen molar-refractivity contribution >= 4 is 95.9 Å². The fraction of sp³-hybridized carbons (Fsp3) is 0.132. The number of halogens is 3. The first kappa shape index (κ1) is 51.0. The number of carbonyl (C=O) groups excluding carboxylic acids is 2. The van der Waals surface area contributed by atoms with Gasteiger partial charge in [-0.15, -0.1) is 0 Å². The molecule has 4 N–H and O–H groups in total. The molecule has 0 aliphatic carbocycles. The molecule has 10 aromatic rings. The van der Waals surface area contributed by atoms with Crippen LogP contribution in [0.25, 0.3) is 44.8 Å². The third kappa shape index (κ3) is 12.1. The molecule has 73 heavy (non-hydrogen) atoms. The van der Waals surface area contributed by atoms with Gasteiger partial charge >= 0.3 is 0 Å². The first-order valence-corrected chi connectivity index (χ1v) is 23.8. The highest BCUT2D eigenvalue weighted by atomic mass is 79.9. The second-order valence-corrected chi connectivity index (χ2v) is 18.0. The van der Waals surface area contributed by atoms with E-state index in [1.54, 1.807) is 103 Å². The minimum atomic E-state index is -0.188. The van der Waals surface area contributed by atoms with E-state index in [0.717, 1.165) is 54.4 Å². The van der Waals surface area contributed by atoms with Gasteiger partial charge in [0.15, 0.2) is 28.7 Å². The maximum Gasteiger partial charge on any atom is 0.255 e. The fourth-order valence-electron chi connectivity index (χ4n) is 7.26. The summed E-state index contributed by atoms with van der Waals surface area (Å²) in [5.41, 5.74) is 14.3. The maximum absolute atomic E-state index is 13.1. The molecule has 0 saturated heterocycles. The number of aromatic nitrogens is 10. The van der Waals surface area contributed by atoms with Crippen LogP contribution in [-0.2, 0) is 20.5 Å². The molecule has 20 heteroatoms. The van der Waals surface area contributed by atoms with Crippen molar-refractivity contribution in [1.29, 1.82) is 0 Å². The van der Waals surface area contributed by atoms with Gasteiger partial charge in [0.1, 0.15) is 23.1 Å². The molecule has 0 saturated carbocycles. The van der Waals surface area contributed by atoms with Crippen LogP contribution in [0.1, 0.15) is 37.4 Å². The number of carbonyl (C=O) groups is 2. The van der Waals surface area contributed by atoms with Crippen molar-refractivity contribution < 1.29 is 19.1 Å². The highest BCUT2D eigenvalue weighted by molar-refractivity contribution is 9.10. The Balaban J connectivity index is 0.000000161. The zero-order chi connectivity index (χ0) is 51.8. The summed E-state index contributed by atoms with van der Waals surface area (Å²) in [6.07, 6.45) is 10.4. The van der Waals surface area contributed by atoms with Crippen LogP contribution in [0.15, 0.2) is 139 Å². The molecule has 0 spiro atoms. The van der Waals surface area contributed by atoms with Gasteiger partial charge < -0.3 is 25.8 Å². The number of benzene rings is 4. The second kappa shape index (κ2) is 22.8. The van der Waals surface area contributed by atoms with Crippen LogP contribution < -0.4 is 25.8 Å². The van der Waals surface area contributed by atoms with Gasteiger partial charge in [0.05, 0.1) is 47.4 Å². The molecule has 6 heterocycles. The van der Waals surface area contributed by atoms with Crippen molar-refractivity contribution in [3.8, 4) is 34.3 Å². The lowest BCUT2D eigenvalue weighted by Gasteiger charge is -2.13. The Labute approximate surface area is 437 Å². The molecule has 0 bridgehead atoms. The predicted molar refractivity (Wildman–Crippen MR) is 289 cm³/mol. The van der Waals surface area contributed by atoms with Crippen molar-refractivity contribution in [1.82, 2.24) is 49.5 Å². The largest absolute Gasteiger partial charge is 0.495 e. The zero-order valence-corrected chi connectivity index (χ0v) is 43.3. The van der Waals surface area contributed by atoms with Gasteiger partial charge in [-0.25, -0.2) is 19.9 Å². The van der Waals surface area contributed by atoms with Crippen molar-refractivity contribution in [3.05, 3.63) is 177 Å². The molecular weight excluding hydrogens is 1030 g/mol. The highest BCUT2D eigenvalue weighted by Crippen LogP contribution is 2.31. The average molecular weight is 1080 g/mol. The molecule has 17 nitrogen and oxygen atoms in total. The monoisotopic (exact) mass is 1080 g/mol. The van der Waals surface area contributed by atoms with Crippen LogP contribution in [0, 0.1) is 13.8 Å². The summed E-state index contributed by atoms with van der Waals surface area (Å²) in [6, 6.07) is 29.0. The lowest BCUT2D eigenvalue weighted by atomic mass is 10.0. The number of aryl methyl sites for hydroxylation is 4. The van der Waals surface area contributed by atoms with Crippen LogP contribution >= 0.6 is 39.1 Å². The lowest BCUT2D eigenvalue weighted by Crippen LogP contribution is -2.12. The lowest BCUT2D eigenvalue weighted by molar-refractivity contribution is 0.0991. The number of hydrogen-bond donors (Lipinski definition) is 3. The Hall–Kier alpha value is -8.32. The van der Waals surface area contributed by atoms with Crippen molar-refractivity contribution in [2.75, 3.05) is 30.6 Å². The van der Waals surface area contributed by atoms with E-state index in [2.05, 4.69) is 61.7 Å². The van der Waals surface area contributed by atoms with Crippen molar-refractivity contribution in [2.45, 2.75) is 20.3 Å². The van der Waals surface area contributed by atoms with E-state index in [1.165, 1.54) is 0 Å². The number of hydrogen-bond acceptors (Lipinski definition) is 14. The second-order valence-electron chi connectivity index (χ2n) is 16.3. The molecule has 0 aliphatic heterocycles. The Morgan fingerprint density at radius 3 is 1.86 bits per heavy atom. The molecule has 0 atom stereocenters. The number of pyridine rings is 2. The van der Waals surface area contributed by atoms with Crippen LogP contribution in [0.2, 0.25) is 10.0 Å². The van der Waals surface area contributed by atoms with Gasteiger partial charge in [-0.3, -0.25) is 28.9 Å². The number of rotatable bonds is 11. The Bertz CT molecular complexity index is 3630. The van der Waals surface area contributed by atoms with Crippen LogP contribution in [0.3, 0.4) is 0 Å². The molecule has 1 amide bonds. The number of amides is 1. The summed E-state index contributed by atoms with van der Waals surface area (Å²) >= 11 is 15.7. The van der Waals surface area contributed by atoms with Crippen molar-refractivity contribution in [3.63, 3.8) is 0 Å². The molecule has 368 valence electrons. The highest BCUT2D eigenvalue weighted by Gasteiger charge is 2.17. The van der Waals surface area contributed by atoms with E-state index >= 15 is 0 Å². The zero-order valence-electron chi connectivity index (χ0n) is 40.2. The number of nitrogen functional groups attached to an aromatic ring is 1. The third-order valence-electron chi connectivity index (χ3n) is 11.3. The van der Waals surface area contributed by atoms with Crippen molar-refractivity contribution in [2.24, 2.45) is 14.1 Å². The summed E-state index contributed by atoms with van der Waals surface area (Å²) in [6.45, 7) is 3.94. The molecule has 0 unspecified atom stereocenters. The first-order valence-electron chi connectivity index (χ1n) is 22.3. The van der Waals surface area contributed by atoms with E-state index in [9.17, 15) is 9.59 Å². The number of anilines is 4. The smallest absolute Gasteiger partial charge is 0.255 e. The number of fused-ring (bicyclic) bond motifs is 2. The number of nitrogens with two attached hydrogens (primary N) is 1. The molecule has 0 radical (unpaired) electrons. The standard InChI is InChI=1S/C27H23ClN6O2.C15H13BrClNO2.C11H10N6/c1-16-6-8-18(23(35)12-17-7-9-24(36-3)21(28)11-17)13-22(16)31-26-20-15-30-34(2)27(20)33-25(32-26)19-5-4-10-29-14-19;1-9-3-4-10(7-12(9)16)15(19)18-11-5-6-14(20-2)13(17)8-11;1-17-11-8(6-14-17)9(12)15-10(16-11)7-3-2-4-13-5-7/h4-11,13-15H,12H2,1-3H3,(H,31,32,33);3-8H,1-2H3,(H,18,19);2-6H,1H3,(H2,12,15,16). The first-order chi connectivity index (χ1) is 35.2. The van der Waals surface area contributed by atoms with Gasteiger partial charge in [-0.1, -0.05) is 63.4 Å². The molecule has 10 rings (SSSR count). The Kier molecular flexibility index (Phi) is 16.0. The minimum absolute atomic E-state index is 0.0236. The number of ketones is 1. The number of ether oxygens (including phenoxy) is 2. The van der Waals surface area contributed by atoms with E-state index in [1.807, 2.05) is 82.5 Å². The summed E-state index contributed by atoms with van der Waals surface area (Å²) in [5.74, 6) is 3.06. The number of nitrogens with one attached hydrogen (secondary N) is 2. The number of nitrogens with zero attached hydrogens (tertiary/aromatic N) is 10. The summed E-state index contributed by atoms with van der Waals surface area (Å²) in [5, 5.41) is 17.1. The fourth-order valence-corrected chi connectivity index (χ4v) is 8.17. The maximum atomic E-state index is 13.1. The SMILES string of the molecule is COc1ccc(CC(=O)c2ccc(C)c(Nc3nc(-c4cccnc4)nc4c3cnn4C)c2)cc1Cl.COc1ccc(NC(=O)c2ccc(C)c(Br)c2)cc1Cl.Cn1ncc2c(N)nc(-c3cccnc3)nc21. The number of Topliss-reactive ketones (excluding diaryl/α,β-unsaturated/α-hetero) is 1. The van der Waals surface area contributed by atoms with Crippen LogP contribution in [0.5, 0.6) is 11.5 Å². The van der Waals surface area contributed by atoms with E-state index in [0.29, 0.717) is 67.3 Å². The summed E-state index contributed by atoms with van der Waals surface area (Å²) in [7, 11) is 6.76. The van der Waals surface area contributed by atoms with Gasteiger partial charge in [-0.05, 0) is 103 Å². The van der Waals surface area contributed by atoms with Crippen LogP contribution in [-0.4, -0.2) is 75.4 Å².